The molecule has 1 aliphatic rings. The smallest absolute Gasteiger partial charge is 0.277 e. The van der Waals surface area contributed by atoms with Crippen LogP contribution in [0.4, 0.5) is 11.5 Å². The first-order chi connectivity index (χ1) is 16.2. The van der Waals surface area contributed by atoms with E-state index in [1.807, 2.05) is 42.5 Å². The molecule has 0 saturated carbocycles. The van der Waals surface area contributed by atoms with Crippen molar-refractivity contribution in [1.29, 1.82) is 0 Å². The monoisotopic (exact) mass is 441 g/mol. The normalized spacial score (nSPS) is 15.1. The number of H-pyrrole nitrogens is 1. The highest BCUT2D eigenvalue weighted by atomic mass is 16.1. The van der Waals surface area contributed by atoms with Crippen LogP contribution in [0.3, 0.4) is 0 Å². The second kappa shape index (κ2) is 9.48. The Labute approximate surface area is 192 Å². The molecule has 0 bridgehead atoms. The molecule has 0 unspecified atom stereocenters. The van der Waals surface area contributed by atoms with Crippen LogP contribution in [0.2, 0.25) is 0 Å². The zero-order chi connectivity index (χ0) is 22.6. The lowest BCUT2D eigenvalue weighted by Gasteiger charge is -2.34. The van der Waals surface area contributed by atoms with E-state index in [9.17, 15) is 4.79 Å². The molecule has 0 aliphatic carbocycles. The summed E-state index contributed by atoms with van der Waals surface area (Å²) >= 11 is 0. The van der Waals surface area contributed by atoms with Gasteiger partial charge in [0.1, 0.15) is 16.7 Å². The van der Waals surface area contributed by atoms with Crippen LogP contribution in [0.1, 0.15) is 12.5 Å². The summed E-state index contributed by atoms with van der Waals surface area (Å²) in [6, 6.07) is 18.0. The summed E-state index contributed by atoms with van der Waals surface area (Å²) in [6.07, 6.45) is 1.55. The largest absolute Gasteiger partial charge is 0.339 e. The fourth-order valence-electron chi connectivity index (χ4n) is 4.16. The number of anilines is 2. The van der Waals surface area contributed by atoms with Gasteiger partial charge in [-0.3, -0.25) is 9.69 Å². The molecule has 0 amide bonds. The quantitative estimate of drug-likeness (QED) is 0.475. The van der Waals surface area contributed by atoms with Gasteiger partial charge >= 0.3 is 0 Å². The van der Waals surface area contributed by atoms with Crippen LogP contribution in [-0.2, 0) is 6.54 Å². The fraction of sp³-hybridized carbons (Fsp3) is 0.280. The maximum atomic E-state index is 12.5. The number of fused-ring (bicyclic) bond motifs is 1. The Hall–Kier alpha value is -3.62. The fourth-order valence-corrected chi connectivity index (χ4v) is 4.16. The van der Waals surface area contributed by atoms with E-state index in [4.69, 9.17) is 0 Å². The average molecular weight is 442 g/mol. The zero-order valence-corrected chi connectivity index (χ0v) is 18.7. The lowest BCUT2D eigenvalue weighted by atomic mass is 10.1. The summed E-state index contributed by atoms with van der Waals surface area (Å²) < 4.78 is 0. The van der Waals surface area contributed by atoms with E-state index in [0.717, 1.165) is 50.5 Å². The van der Waals surface area contributed by atoms with Gasteiger partial charge in [0, 0.05) is 44.0 Å². The highest BCUT2D eigenvalue weighted by molar-refractivity contribution is 5.90. The minimum atomic E-state index is -0.322. The molecule has 2 aromatic carbocycles. The lowest BCUT2D eigenvalue weighted by Crippen LogP contribution is -2.45. The van der Waals surface area contributed by atoms with E-state index in [0.29, 0.717) is 22.5 Å². The first-order valence-corrected chi connectivity index (χ1v) is 11.3. The maximum absolute atomic E-state index is 12.5. The predicted molar refractivity (Wildman–Crippen MR) is 131 cm³/mol. The molecule has 1 saturated heterocycles. The van der Waals surface area contributed by atoms with Gasteiger partial charge in [0.2, 0.25) is 0 Å². The number of likely N-dealkylation sites (N-methyl/N-ethyl adjacent to an activating group) is 1. The molecule has 1 fully saturated rings. The van der Waals surface area contributed by atoms with E-state index in [-0.39, 0.29) is 5.56 Å². The molecule has 2 aromatic heterocycles. The summed E-state index contributed by atoms with van der Waals surface area (Å²) in [4.78, 5) is 26.7. The number of benzene rings is 2. The molecule has 0 radical (unpaired) electrons. The van der Waals surface area contributed by atoms with Gasteiger partial charge < -0.3 is 10.2 Å². The summed E-state index contributed by atoms with van der Waals surface area (Å²) in [5.41, 5.74) is 3.19. The number of hydrogen-bond acceptors (Lipinski definition) is 7. The minimum absolute atomic E-state index is 0.322. The second-order valence-corrected chi connectivity index (χ2v) is 8.25. The molecule has 5 rings (SSSR count). The van der Waals surface area contributed by atoms with Gasteiger partial charge in [-0.15, -0.1) is 0 Å². The molecule has 0 atom stereocenters. The van der Waals surface area contributed by atoms with Crippen molar-refractivity contribution in [2.75, 3.05) is 38.0 Å². The van der Waals surface area contributed by atoms with Gasteiger partial charge in [-0.2, -0.15) is 5.10 Å². The first kappa shape index (κ1) is 21.2. The van der Waals surface area contributed by atoms with Gasteiger partial charge in [-0.25, -0.2) is 15.1 Å². The molecule has 0 spiro atoms. The Morgan fingerprint density at radius 1 is 0.939 bits per heavy atom. The topological polar surface area (TPSA) is 90.0 Å². The highest BCUT2D eigenvalue weighted by Crippen LogP contribution is 2.25. The molecule has 168 valence electrons. The van der Waals surface area contributed by atoms with E-state index in [1.54, 1.807) is 6.20 Å². The van der Waals surface area contributed by atoms with Crippen molar-refractivity contribution in [3.8, 4) is 11.4 Å². The van der Waals surface area contributed by atoms with Crippen LogP contribution in [0.5, 0.6) is 0 Å². The van der Waals surface area contributed by atoms with Gasteiger partial charge in [0.15, 0.2) is 5.82 Å². The van der Waals surface area contributed by atoms with Crippen LogP contribution >= 0.6 is 0 Å². The number of nitrogens with one attached hydrogen (secondary N) is 2. The number of aromatic nitrogens is 4. The van der Waals surface area contributed by atoms with Crippen molar-refractivity contribution < 1.29 is 0 Å². The summed E-state index contributed by atoms with van der Waals surface area (Å²) in [7, 11) is 0. The number of piperazine rings is 1. The standard InChI is InChI=1S/C25H27N7O/c1-2-31-12-14-32(15-13-31)17-18-8-10-20(11-9-18)27-24-22-21(16-26-30-25(22)33)28-23(29-24)19-6-4-3-5-7-19/h3-11,16H,2,12-15,17H2,1H3,(H,30,33)(H,27,28,29). The molecular formula is C25H27N7O. The second-order valence-electron chi connectivity index (χ2n) is 8.25. The SMILES string of the molecule is CCN1CCN(Cc2ccc(Nc3nc(-c4ccccc4)nc4cn[nH]c(=O)c34)cc2)CC1. The van der Waals surface area contributed by atoms with Crippen molar-refractivity contribution in [1.82, 2.24) is 30.0 Å². The van der Waals surface area contributed by atoms with Crippen molar-refractivity contribution in [2.45, 2.75) is 13.5 Å². The maximum Gasteiger partial charge on any atom is 0.277 e. The van der Waals surface area contributed by atoms with Gasteiger partial charge in [-0.1, -0.05) is 49.4 Å². The predicted octanol–water partition coefficient (Wildman–Crippen LogP) is 3.26. The summed E-state index contributed by atoms with van der Waals surface area (Å²) in [5, 5.41) is 10.1. The van der Waals surface area contributed by atoms with Gasteiger partial charge in [-0.05, 0) is 24.2 Å². The Morgan fingerprint density at radius 2 is 1.67 bits per heavy atom. The third-order valence-electron chi connectivity index (χ3n) is 6.08. The number of hydrogen-bond donors (Lipinski definition) is 2. The Balaban J connectivity index is 1.39. The molecule has 1 aliphatic heterocycles. The zero-order valence-electron chi connectivity index (χ0n) is 18.7. The highest BCUT2D eigenvalue weighted by Gasteiger charge is 2.16. The van der Waals surface area contributed by atoms with Gasteiger partial charge in [0.25, 0.3) is 5.56 Å². The van der Waals surface area contributed by atoms with E-state index in [2.05, 4.69) is 54.3 Å². The number of nitrogens with zero attached hydrogens (tertiary/aromatic N) is 5. The molecule has 8 nitrogen and oxygen atoms in total. The van der Waals surface area contributed by atoms with Crippen molar-refractivity contribution >= 4 is 22.4 Å². The minimum Gasteiger partial charge on any atom is -0.339 e. The van der Waals surface area contributed by atoms with Crippen LogP contribution < -0.4 is 10.9 Å². The Kier molecular flexibility index (Phi) is 6.10. The van der Waals surface area contributed by atoms with Crippen LogP contribution in [-0.4, -0.2) is 62.7 Å². The van der Waals surface area contributed by atoms with E-state index >= 15 is 0 Å². The van der Waals surface area contributed by atoms with Crippen LogP contribution in [0.25, 0.3) is 22.3 Å². The summed E-state index contributed by atoms with van der Waals surface area (Å²) in [5.74, 6) is 1.01. The van der Waals surface area contributed by atoms with Crippen molar-refractivity contribution in [2.24, 2.45) is 0 Å². The number of aromatic amines is 1. The van der Waals surface area contributed by atoms with Crippen molar-refractivity contribution in [3.63, 3.8) is 0 Å². The van der Waals surface area contributed by atoms with Crippen molar-refractivity contribution in [3.05, 3.63) is 76.7 Å². The Bertz CT molecular complexity index is 1280. The molecule has 4 aromatic rings. The Morgan fingerprint density at radius 3 is 2.39 bits per heavy atom. The first-order valence-electron chi connectivity index (χ1n) is 11.3. The van der Waals surface area contributed by atoms with E-state index < -0.39 is 0 Å². The lowest BCUT2D eigenvalue weighted by molar-refractivity contribution is 0.132. The molecule has 33 heavy (non-hydrogen) atoms. The average Bonchev–Trinajstić information content (AvgIpc) is 2.86. The number of rotatable bonds is 6. The van der Waals surface area contributed by atoms with Gasteiger partial charge in [0.05, 0.1) is 6.20 Å². The third-order valence-corrected chi connectivity index (χ3v) is 6.08. The van der Waals surface area contributed by atoms with E-state index in [1.165, 1.54) is 5.56 Å². The van der Waals surface area contributed by atoms with Crippen LogP contribution in [0.15, 0.2) is 65.6 Å². The van der Waals surface area contributed by atoms with Crippen LogP contribution in [0, 0.1) is 0 Å². The molecular weight excluding hydrogens is 414 g/mol. The molecule has 8 heteroatoms. The third kappa shape index (κ3) is 4.76. The summed E-state index contributed by atoms with van der Waals surface area (Å²) in [6.45, 7) is 8.73. The molecule has 2 N–H and O–H groups in total. The molecule has 3 heterocycles.